The summed E-state index contributed by atoms with van der Waals surface area (Å²) in [6.07, 6.45) is -6.72. The van der Waals surface area contributed by atoms with Gasteiger partial charge in [-0.3, -0.25) is 0 Å². The van der Waals surface area contributed by atoms with Crippen molar-refractivity contribution in [3.8, 4) is 5.75 Å². The molecule has 102 valence electrons. The van der Waals surface area contributed by atoms with Crippen LogP contribution in [0.1, 0.15) is 5.56 Å². The highest BCUT2D eigenvalue weighted by Crippen LogP contribution is 2.41. The zero-order valence-electron chi connectivity index (χ0n) is 8.92. The van der Waals surface area contributed by atoms with E-state index in [9.17, 15) is 23.1 Å². The summed E-state index contributed by atoms with van der Waals surface area (Å²) in [4.78, 5) is 10.8. The largest absolute Gasteiger partial charge is 0.545 e. The summed E-state index contributed by atoms with van der Waals surface area (Å²) in [5, 5.41) is 10.8. The third-order valence-corrected chi connectivity index (χ3v) is 2.90. The highest BCUT2D eigenvalue weighted by molar-refractivity contribution is 6.36. The molecule has 1 aliphatic heterocycles. The molecule has 8 heteroatoms. The monoisotopic (exact) mass is 311 g/mol. The lowest BCUT2D eigenvalue weighted by Gasteiger charge is -2.29. The molecule has 1 atom stereocenters. The first-order valence-electron chi connectivity index (χ1n) is 4.85. The first-order valence-corrected chi connectivity index (χ1v) is 5.61. The molecule has 0 aromatic heterocycles. The standard InChI is InChI=1S/C11H5Cl2F3O3/c12-5-1-4-2-6(10(17)18)9(11(14,15)16)19-8(4)7(13)3-5/h1-3,9H,(H,17,18)/p-1/t9-/m0/s1. The van der Waals surface area contributed by atoms with Gasteiger partial charge in [-0.25, -0.2) is 0 Å². The minimum Gasteiger partial charge on any atom is -0.545 e. The third-order valence-electron chi connectivity index (χ3n) is 2.40. The molecule has 1 aromatic carbocycles. The number of alkyl halides is 3. The number of benzene rings is 1. The Bertz CT molecular complexity index is 581. The molecule has 0 amide bonds. The van der Waals surface area contributed by atoms with Crippen molar-refractivity contribution < 1.29 is 27.8 Å². The van der Waals surface area contributed by atoms with Gasteiger partial charge in [0, 0.05) is 16.2 Å². The fourth-order valence-corrected chi connectivity index (χ4v) is 2.20. The van der Waals surface area contributed by atoms with Gasteiger partial charge < -0.3 is 14.6 Å². The van der Waals surface area contributed by atoms with Crippen LogP contribution in [-0.2, 0) is 4.79 Å². The first kappa shape index (κ1) is 14.0. The van der Waals surface area contributed by atoms with E-state index >= 15 is 0 Å². The fourth-order valence-electron chi connectivity index (χ4n) is 1.65. The predicted octanol–water partition coefficient (Wildman–Crippen LogP) is 2.45. The van der Waals surface area contributed by atoms with Crippen LogP contribution in [0.3, 0.4) is 0 Å². The van der Waals surface area contributed by atoms with Crippen LogP contribution < -0.4 is 9.84 Å². The van der Waals surface area contributed by atoms with Crippen molar-refractivity contribution in [3.05, 3.63) is 33.3 Å². The van der Waals surface area contributed by atoms with Crippen LogP contribution in [0.25, 0.3) is 6.08 Å². The molecule has 0 saturated heterocycles. The van der Waals surface area contributed by atoms with Crippen molar-refractivity contribution in [2.75, 3.05) is 0 Å². The van der Waals surface area contributed by atoms with Crippen LogP contribution in [0.4, 0.5) is 13.2 Å². The van der Waals surface area contributed by atoms with Gasteiger partial charge in [0.15, 0.2) is 0 Å². The molecule has 0 unspecified atom stereocenters. The van der Waals surface area contributed by atoms with Crippen molar-refractivity contribution in [2.45, 2.75) is 12.3 Å². The van der Waals surface area contributed by atoms with Gasteiger partial charge in [-0.1, -0.05) is 23.2 Å². The molecule has 19 heavy (non-hydrogen) atoms. The van der Waals surface area contributed by atoms with Gasteiger partial charge >= 0.3 is 6.18 Å². The quantitative estimate of drug-likeness (QED) is 0.800. The molecule has 0 bridgehead atoms. The fraction of sp³-hybridized carbons (Fsp3) is 0.182. The van der Waals surface area contributed by atoms with Crippen LogP contribution >= 0.6 is 23.2 Å². The van der Waals surface area contributed by atoms with E-state index in [-0.39, 0.29) is 21.4 Å². The van der Waals surface area contributed by atoms with E-state index in [1.54, 1.807) is 0 Å². The zero-order chi connectivity index (χ0) is 14.4. The number of carbonyl (C=O) groups is 1. The Balaban J connectivity index is 2.61. The van der Waals surface area contributed by atoms with E-state index < -0.39 is 23.8 Å². The number of rotatable bonds is 1. The second kappa shape index (κ2) is 4.61. The summed E-state index contributed by atoms with van der Waals surface area (Å²) in [6, 6.07) is 2.45. The van der Waals surface area contributed by atoms with Gasteiger partial charge in [0.05, 0.1) is 11.0 Å². The number of hydrogen-bond donors (Lipinski definition) is 0. The Morgan fingerprint density at radius 2 is 1.95 bits per heavy atom. The van der Waals surface area contributed by atoms with E-state index in [1.165, 1.54) is 12.1 Å². The summed E-state index contributed by atoms with van der Waals surface area (Å²) in [7, 11) is 0. The van der Waals surface area contributed by atoms with E-state index in [0.29, 0.717) is 0 Å². The lowest BCUT2D eigenvalue weighted by Crippen LogP contribution is -2.44. The summed E-state index contributed by atoms with van der Waals surface area (Å²) in [5.74, 6) is -2.23. The van der Waals surface area contributed by atoms with Crippen LogP contribution in [0.2, 0.25) is 10.0 Å². The molecule has 0 spiro atoms. The van der Waals surface area contributed by atoms with Gasteiger partial charge in [-0.15, -0.1) is 0 Å². The maximum absolute atomic E-state index is 12.7. The third kappa shape index (κ3) is 2.64. The Morgan fingerprint density at radius 1 is 1.32 bits per heavy atom. The molecule has 0 fully saturated rings. The van der Waals surface area contributed by atoms with E-state index in [1.807, 2.05) is 0 Å². The number of ether oxygens (including phenoxy) is 1. The van der Waals surface area contributed by atoms with E-state index in [2.05, 4.69) is 4.74 Å². The van der Waals surface area contributed by atoms with Gasteiger partial charge in [-0.05, 0) is 18.2 Å². The van der Waals surface area contributed by atoms with Gasteiger partial charge in [-0.2, -0.15) is 13.2 Å². The van der Waals surface area contributed by atoms with Crippen LogP contribution in [-0.4, -0.2) is 18.2 Å². The molecule has 1 heterocycles. The maximum Gasteiger partial charge on any atom is 0.429 e. The van der Waals surface area contributed by atoms with Crippen molar-refractivity contribution in [1.29, 1.82) is 0 Å². The molecule has 0 aliphatic carbocycles. The number of carbonyl (C=O) groups excluding carboxylic acids is 1. The number of fused-ring (bicyclic) bond motifs is 1. The lowest BCUT2D eigenvalue weighted by atomic mass is 10.0. The number of aliphatic carboxylic acids is 1. The van der Waals surface area contributed by atoms with Gasteiger partial charge in [0.2, 0.25) is 6.10 Å². The second-order valence-electron chi connectivity index (χ2n) is 3.73. The van der Waals surface area contributed by atoms with Crippen LogP contribution in [0.5, 0.6) is 5.75 Å². The Morgan fingerprint density at radius 3 is 2.47 bits per heavy atom. The second-order valence-corrected chi connectivity index (χ2v) is 4.58. The van der Waals surface area contributed by atoms with Crippen molar-refractivity contribution in [1.82, 2.24) is 0 Å². The lowest BCUT2D eigenvalue weighted by molar-refractivity contribution is -0.302. The summed E-state index contributed by atoms with van der Waals surface area (Å²) >= 11 is 11.4. The van der Waals surface area contributed by atoms with Crippen LogP contribution in [0, 0.1) is 0 Å². The predicted molar refractivity (Wildman–Crippen MR) is 59.9 cm³/mol. The topological polar surface area (TPSA) is 49.4 Å². The molecule has 1 aliphatic rings. The maximum atomic E-state index is 12.7. The summed E-state index contributed by atoms with van der Waals surface area (Å²) in [6.45, 7) is 0. The number of hydrogen-bond acceptors (Lipinski definition) is 3. The van der Waals surface area contributed by atoms with Crippen molar-refractivity contribution in [3.63, 3.8) is 0 Å². The molecular formula is C11H4Cl2F3O3-. The minimum atomic E-state index is -4.90. The smallest absolute Gasteiger partial charge is 0.429 e. The Labute approximate surface area is 115 Å². The van der Waals surface area contributed by atoms with Crippen molar-refractivity contribution >= 4 is 35.2 Å². The van der Waals surface area contributed by atoms with E-state index in [4.69, 9.17) is 23.2 Å². The van der Waals surface area contributed by atoms with Crippen LogP contribution in [0.15, 0.2) is 17.7 Å². The van der Waals surface area contributed by atoms with Gasteiger partial charge in [0.25, 0.3) is 0 Å². The summed E-state index contributed by atoms with van der Waals surface area (Å²) in [5.41, 5.74) is -0.976. The molecular weight excluding hydrogens is 308 g/mol. The highest BCUT2D eigenvalue weighted by atomic mass is 35.5. The molecule has 2 rings (SSSR count). The average molecular weight is 312 g/mol. The van der Waals surface area contributed by atoms with E-state index in [0.717, 1.165) is 6.08 Å². The number of halogens is 5. The summed E-state index contributed by atoms with van der Waals surface area (Å²) < 4.78 is 42.8. The zero-order valence-corrected chi connectivity index (χ0v) is 10.4. The molecule has 0 N–H and O–H groups in total. The normalized spacial score (nSPS) is 18.4. The molecule has 1 aromatic rings. The number of carboxylic acid groups (broad SMARTS) is 1. The number of carboxylic acids is 1. The average Bonchev–Trinajstić information content (AvgIpc) is 2.25. The molecule has 0 radical (unpaired) electrons. The SMILES string of the molecule is O=C([O-])C1=Cc2cc(Cl)cc(Cl)c2O[C@@H]1C(F)(F)F. The minimum absolute atomic E-state index is 0.0530. The molecule has 3 nitrogen and oxygen atoms in total. The van der Waals surface area contributed by atoms with Crippen molar-refractivity contribution in [2.24, 2.45) is 0 Å². The molecule has 0 saturated carbocycles. The first-order chi connectivity index (χ1) is 8.70. The highest BCUT2D eigenvalue weighted by Gasteiger charge is 2.46. The Kier molecular flexibility index (Phi) is 3.40. The van der Waals surface area contributed by atoms with Gasteiger partial charge in [0.1, 0.15) is 5.75 Å². The Hall–Kier alpha value is -1.40.